The van der Waals surface area contributed by atoms with Crippen molar-refractivity contribution in [1.82, 2.24) is 10.4 Å². The van der Waals surface area contributed by atoms with Crippen LogP contribution < -0.4 is 25.5 Å². The Morgan fingerprint density at radius 3 is 2.33 bits per heavy atom. The van der Waals surface area contributed by atoms with Crippen molar-refractivity contribution in [3.8, 4) is 17.2 Å². The standard InChI is InChI=1S/C15H19N3O3/c1-19-12-7-6-11(14(20-2)15(12)21-3)13(18-16)10-5-4-8-17-9-10/h4-9,13,18H,16H2,1-3H3. The maximum atomic E-state index is 5.72. The molecular formula is C15H19N3O3. The first-order valence-electron chi connectivity index (χ1n) is 6.41. The SMILES string of the molecule is COc1ccc(C(NN)c2cccnc2)c(OC)c1OC. The minimum atomic E-state index is -0.270. The fourth-order valence-electron chi connectivity index (χ4n) is 2.26. The molecule has 6 heteroatoms. The summed E-state index contributed by atoms with van der Waals surface area (Å²) in [5, 5.41) is 0. The number of ether oxygens (including phenoxy) is 3. The Morgan fingerprint density at radius 2 is 1.81 bits per heavy atom. The zero-order valence-corrected chi connectivity index (χ0v) is 12.3. The van der Waals surface area contributed by atoms with E-state index in [0.717, 1.165) is 11.1 Å². The molecule has 0 fully saturated rings. The van der Waals surface area contributed by atoms with Gasteiger partial charge in [0.2, 0.25) is 5.75 Å². The van der Waals surface area contributed by atoms with Gasteiger partial charge >= 0.3 is 0 Å². The molecule has 2 aromatic rings. The number of pyridine rings is 1. The van der Waals surface area contributed by atoms with Crippen molar-refractivity contribution in [2.45, 2.75) is 6.04 Å². The van der Waals surface area contributed by atoms with Crippen molar-refractivity contribution in [2.24, 2.45) is 5.84 Å². The Kier molecular flexibility index (Phi) is 4.97. The van der Waals surface area contributed by atoms with Crippen LogP contribution in [0.5, 0.6) is 17.2 Å². The van der Waals surface area contributed by atoms with Crippen LogP contribution in [0, 0.1) is 0 Å². The molecule has 1 aromatic carbocycles. The average Bonchev–Trinajstić information content (AvgIpc) is 2.55. The number of hydrazine groups is 1. The third kappa shape index (κ3) is 2.91. The zero-order chi connectivity index (χ0) is 15.2. The minimum absolute atomic E-state index is 0.270. The smallest absolute Gasteiger partial charge is 0.203 e. The molecular weight excluding hydrogens is 270 g/mol. The second-order valence-electron chi connectivity index (χ2n) is 4.31. The van der Waals surface area contributed by atoms with E-state index in [1.807, 2.05) is 24.3 Å². The summed E-state index contributed by atoms with van der Waals surface area (Å²) < 4.78 is 16.2. The van der Waals surface area contributed by atoms with Gasteiger partial charge in [-0.15, -0.1) is 0 Å². The molecule has 0 saturated heterocycles. The van der Waals surface area contributed by atoms with Gasteiger partial charge in [-0.3, -0.25) is 10.8 Å². The van der Waals surface area contributed by atoms with E-state index in [1.54, 1.807) is 33.7 Å². The largest absolute Gasteiger partial charge is 0.493 e. The summed E-state index contributed by atoms with van der Waals surface area (Å²) in [5.74, 6) is 7.42. The summed E-state index contributed by atoms with van der Waals surface area (Å²) in [6.45, 7) is 0. The van der Waals surface area contributed by atoms with Crippen molar-refractivity contribution >= 4 is 0 Å². The second kappa shape index (κ2) is 6.92. The number of aromatic nitrogens is 1. The van der Waals surface area contributed by atoms with E-state index in [1.165, 1.54) is 0 Å². The lowest BCUT2D eigenvalue weighted by Crippen LogP contribution is -2.29. The molecule has 0 aliphatic heterocycles. The first-order chi connectivity index (χ1) is 10.3. The van der Waals surface area contributed by atoms with Gasteiger partial charge in [-0.25, -0.2) is 5.43 Å². The zero-order valence-electron chi connectivity index (χ0n) is 12.3. The normalized spacial score (nSPS) is 11.8. The molecule has 1 atom stereocenters. The number of nitrogens with one attached hydrogen (secondary N) is 1. The first-order valence-corrected chi connectivity index (χ1v) is 6.41. The highest BCUT2D eigenvalue weighted by atomic mass is 16.5. The molecule has 112 valence electrons. The second-order valence-corrected chi connectivity index (χ2v) is 4.31. The van der Waals surface area contributed by atoms with Crippen LogP contribution in [0.4, 0.5) is 0 Å². The highest BCUT2D eigenvalue weighted by Gasteiger charge is 2.22. The molecule has 1 unspecified atom stereocenters. The Bertz CT molecular complexity index is 590. The number of methoxy groups -OCH3 is 3. The molecule has 21 heavy (non-hydrogen) atoms. The van der Waals surface area contributed by atoms with E-state index in [9.17, 15) is 0 Å². The van der Waals surface area contributed by atoms with Crippen LogP contribution in [0.25, 0.3) is 0 Å². The van der Waals surface area contributed by atoms with Crippen LogP contribution in [0.15, 0.2) is 36.7 Å². The van der Waals surface area contributed by atoms with Crippen LogP contribution in [0.1, 0.15) is 17.2 Å². The fourth-order valence-corrected chi connectivity index (χ4v) is 2.26. The third-order valence-electron chi connectivity index (χ3n) is 3.23. The number of hydrogen-bond acceptors (Lipinski definition) is 6. The summed E-state index contributed by atoms with van der Waals surface area (Å²) in [7, 11) is 4.73. The van der Waals surface area contributed by atoms with E-state index < -0.39 is 0 Å². The van der Waals surface area contributed by atoms with E-state index >= 15 is 0 Å². The summed E-state index contributed by atoms with van der Waals surface area (Å²) in [6, 6.07) is 7.23. The molecule has 0 saturated carbocycles. The van der Waals surface area contributed by atoms with Gasteiger partial charge in [0.05, 0.1) is 27.4 Å². The van der Waals surface area contributed by atoms with Gasteiger partial charge in [-0.05, 0) is 23.8 Å². The lowest BCUT2D eigenvalue weighted by Gasteiger charge is -2.22. The van der Waals surface area contributed by atoms with Gasteiger partial charge < -0.3 is 14.2 Å². The van der Waals surface area contributed by atoms with E-state index in [0.29, 0.717) is 17.2 Å². The molecule has 0 bridgehead atoms. The van der Waals surface area contributed by atoms with Crippen molar-refractivity contribution in [2.75, 3.05) is 21.3 Å². The van der Waals surface area contributed by atoms with Crippen LogP contribution in [0.2, 0.25) is 0 Å². The van der Waals surface area contributed by atoms with Gasteiger partial charge in [0.1, 0.15) is 0 Å². The van der Waals surface area contributed by atoms with E-state index in [4.69, 9.17) is 20.1 Å². The number of benzene rings is 1. The average molecular weight is 289 g/mol. The van der Waals surface area contributed by atoms with Gasteiger partial charge in [-0.2, -0.15) is 0 Å². The van der Waals surface area contributed by atoms with Crippen LogP contribution in [-0.4, -0.2) is 26.3 Å². The molecule has 0 spiro atoms. The highest BCUT2D eigenvalue weighted by Crippen LogP contribution is 2.43. The Hall–Kier alpha value is -2.31. The number of nitrogens with zero attached hydrogens (tertiary/aromatic N) is 1. The van der Waals surface area contributed by atoms with Crippen LogP contribution in [0.3, 0.4) is 0 Å². The Balaban J connectivity index is 2.56. The number of rotatable bonds is 6. The maximum Gasteiger partial charge on any atom is 0.203 e. The molecule has 6 nitrogen and oxygen atoms in total. The maximum absolute atomic E-state index is 5.72. The highest BCUT2D eigenvalue weighted by molar-refractivity contribution is 5.58. The molecule has 1 aromatic heterocycles. The van der Waals surface area contributed by atoms with Crippen LogP contribution >= 0.6 is 0 Å². The summed E-state index contributed by atoms with van der Waals surface area (Å²) in [6.07, 6.45) is 3.46. The van der Waals surface area contributed by atoms with Gasteiger partial charge in [-0.1, -0.05) is 6.07 Å². The fraction of sp³-hybridized carbons (Fsp3) is 0.267. The lowest BCUT2D eigenvalue weighted by molar-refractivity contribution is 0.320. The van der Waals surface area contributed by atoms with Gasteiger partial charge in [0.15, 0.2) is 11.5 Å². The molecule has 0 amide bonds. The lowest BCUT2D eigenvalue weighted by atomic mass is 9.99. The van der Waals surface area contributed by atoms with Crippen molar-refractivity contribution in [3.05, 3.63) is 47.8 Å². The van der Waals surface area contributed by atoms with Crippen molar-refractivity contribution in [3.63, 3.8) is 0 Å². The van der Waals surface area contributed by atoms with Crippen LogP contribution in [-0.2, 0) is 0 Å². The molecule has 1 heterocycles. The monoisotopic (exact) mass is 289 g/mol. The minimum Gasteiger partial charge on any atom is -0.493 e. The predicted octanol–water partition coefficient (Wildman–Crippen LogP) is 1.66. The Morgan fingerprint density at radius 1 is 1.05 bits per heavy atom. The quantitative estimate of drug-likeness (QED) is 0.622. The van der Waals surface area contributed by atoms with E-state index in [-0.39, 0.29) is 6.04 Å². The Labute approximate surface area is 123 Å². The number of hydrogen-bond donors (Lipinski definition) is 2. The molecule has 0 radical (unpaired) electrons. The molecule has 0 aliphatic carbocycles. The third-order valence-corrected chi connectivity index (χ3v) is 3.23. The molecule has 2 rings (SSSR count). The predicted molar refractivity (Wildman–Crippen MR) is 79.5 cm³/mol. The molecule has 3 N–H and O–H groups in total. The summed E-state index contributed by atoms with van der Waals surface area (Å²) in [4.78, 5) is 4.12. The topological polar surface area (TPSA) is 78.6 Å². The van der Waals surface area contributed by atoms with Crippen molar-refractivity contribution < 1.29 is 14.2 Å². The van der Waals surface area contributed by atoms with Gasteiger partial charge in [0, 0.05) is 18.0 Å². The summed E-state index contributed by atoms with van der Waals surface area (Å²) >= 11 is 0. The van der Waals surface area contributed by atoms with Crippen molar-refractivity contribution in [1.29, 1.82) is 0 Å². The van der Waals surface area contributed by atoms with E-state index in [2.05, 4.69) is 10.4 Å². The number of nitrogens with two attached hydrogens (primary N) is 1. The molecule has 0 aliphatic rings. The van der Waals surface area contributed by atoms with Gasteiger partial charge in [0.25, 0.3) is 0 Å². The summed E-state index contributed by atoms with van der Waals surface area (Å²) in [5.41, 5.74) is 4.54. The first kappa shape index (κ1) is 15.1.